The summed E-state index contributed by atoms with van der Waals surface area (Å²) >= 11 is 0. The lowest BCUT2D eigenvalue weighted by molar-refractivity contribution is -0.192. The van der Waals surface area contributed by atoms with Gasteiger partial charge >= 0.3 is 12.1 Å². The average molecular weight is 215 g/mol. The number of halogens is 3. The summed E-state index contributed by atoms with van der Waals surface area (Å²) in [4.78, 5) is 8.90. The molecule has 0 heterocycles. The molecule has 1 rings (SSSR count). The number of carboxylic acid groups (broad SMARTS) is 1. The van der Waals surface area contributed by atoms with Gasteiger partial charge in [0.15, 0.2) is 0 Å². The summed E-state index contributed by atoms with van der Waals surface area (Å²) < 4.78 is 31.7. The summed E-state index contributed by atoms with van der Waals surface area (Å²) in [5, 5.41) is 15.9. The molecule has 0 aliphatic heterocycles. The number of aliphatic carboxylic acids is 1. The number of hydrogen-bond donors (Lipinski definition) is 3. The Bertz CT molecular complexity index is 187. The zero-order chi connectivity index (χ0) is 11.4. The summed E-state index contributed by atoms with van der Waals surface area (Å²) in [6.45, 7) is 0. The third-order valence-corrected chi connectivity index (χ3v) is 1.69. The van der Waals surface area contributed by atoms with E-state index in [1.807, 2.05) is 0 Å². The van der Waals surface area contributed by atoms with Crippen molar-refractivity contribution in [2.45, 2.75) is 37.6 Å². The van der Waals surface area contributed by atoms with Gasteiger partial charge in [-0.15, -0.1) is 0 Å². The lowest BCUT2D eigenvalue weighted by Gasteiger charge is -1.96. The van der Waals surface area contributed by atoms with Gasteiger partial charge in [-0.1, -0.05) is 0 Å². The van der Waals surface area contributed by atoms with Crippen molar-refractivity contribution in [3.8, 4) is 0 Å². The van der Waals surface area contributed by atoms with E-state index in [4.69, 9.17) is 20.7 Å². The fourth-order valence-corrected chi connectivity index (χ4v) is 0.992. The first-order chi connectivity index (χ1) is 6.23. The SMILES string of the molecule is NC1CCC(O)C1.O=C(O)C(F)(F)F. The van der Waals surface area contributed by atoms with Crippen LogP contribution in [-0.4, -0.2) is 34.5 Å². The lowest BCUT2D eigenvalue weighted by atomic mass is 10.3. The number of alkyl halides is 3. The Kier molecular flexibility index (Phi) is 4.86. The van der Waals surface area contributed by atoms with Gasteiger partial charge in [0.1, 0.15) is 0 Å². The van der Waals surface area contributed by atoms with Crippen LogP contribution < -0.4 is 5.73 Å². The van der Waals surface area contributed by atoms with E-state index in [1.165, 1.54) is 0 Å². The summed E-state index contributed by atoms with van der Waals surface area (Å²) in [6.07, 6.45) is -2.47. The maximum Gasteiger partial charge on any atom is 0.490 e. The summed E-state index contributed by atoms with van der Waals surface area (Å²) in [5.74, 6) is -2.76. The van der Waals surface area contributed by atoms with Crippen LogP contribution in [0.15, 0.2) is 0 Å². The molecule has 0 bridgehead atoms. The molecule has 1 fully saturated rings. The largest absolute Gasteiger partial charge is 0.490 e. The van der Waals surface area contributed by atoms with E-state index in [1.54, 1.807) is 0 Å². The highest BCUT2D eigenvalue weighted by molar-refractivity contribution is 5.73. The van der Waals surface area contributed by atoms with E-state index in [-0.39, 0.29) is 12.1 Å². The van der Waals surface area contributed by atoms with Gasteiger partial charge < -0.3 is 15.9 Å². The number of aliphatic hydroxyl groups is 1. The molecule has 0 amide bonds. The van der Waals surface area contributed by atoms with E-state index in [0.717, 1.165) is 19.3 Å². The molecule has 0 spiro atoms. The standard InChI is InChI=1S/C5H11NO.C2HF3O2/c6-4-1-2-5(7)3-4;3-2(4,5)1(6)7/h4-5,7H,1-3,6H2;(H,6,7). The Labute approximate surface area is 78.5 Å². The molecular formula is C7H12F3NO3. The van der Waals surface area contributed by atoms with Gasteiger partial charge in [-0.2, -0.15) is 13.2 Å². The van der Waals surface area contributed by atoms with Crippen LogP contribution in [-0.2, 0) is 4.79 Å². The van der Waals surface area contributed by atoms with Gasteiger partial charge in [0.25, 0.3) is 0 Å². The topological polar surface area (TPSA) is 83.5 Å². The predicted molar refractivity (Wildman–Crippen MR) is 41.5 cm³/mol. The summed E-state index contributed by atoms with van der Waals surface area (Å²) in [5.41, 5.74) is 5.47. The van der Waals surface area contributed by atoms with Crippen molar-refractivity contribution in [1.29, 1.82) is 0 Å². The van der Waals surface area contributed by atoms with Crippen LogP contribution in [0.3, 0.4) is 0 Å². The van der Waals surface area contributed by atoms with Crippen LogP contribution in [0.25, 0.3) is 0 Å². The minimum Gasteiger partial charge on any atom is -0.475 e. The van der Waals surface area contributed by atoms with Crippen LogP contribution >= 0.6 is 0 Å². The van der Waals surface area contributed by atoms with Crippen molar-refractivity contribution in [3.63, 3.8) is 0 Å². The van der Waals surface area contributed by atoms with Crippen molar-refractivity contribution in [3.05, 3.63) is 0 Å². The van der Waals surface area contributed by atoms with Gasteiger partial charge in [-0.05, 0) is 19.3 Å². The monoisotopic (exact) mass is 215 g/mol. The molecule has 4 nitrogen and oxygen atoms in total. The zero-order valence-corrected chi connectivity index (χ0v) is 7.29. The molecule has 1 saturated carbocycles. The molecule has 7 heteroatoms. The molecule has 1 aliphatic rings. The third kappa shape index (κ3) is 5.76. The van der Waals surface area contributed by atoms with Crippen molar-refractivity contribution in [2.24, 2.45) is 5.73 Å². The van der Waals surface area contributed by atoms with E-state index in [2.05, 4.69) is 0 Å². The molecule has 2 atom stereocenters. The van der Waals surface area contributed by atoms with Crippen molar-refractivity contribution in [2.75, 3.05) is 0 Å². The Morgan fingerprint density at radius 1 is 1.36 bits per heavy atom. The van der Waals surface area contributed by atoms with Crippen molar-refractivity contribution >= 4 is 5.97 Å². The highest BCUT2D eigenvalue weighted by Gasteiger charge is 2.38. The average Bonchev–Trinajstić information content (AvgIpc) is 2.33. The number of nitrogens with two attached hydrogens (primary N) is 1. The van der Waals surface area contributed by atoms with Crippen LogP contribution in [0.2, 0.25) is 0 Å². The van der Waals surface area contributed by atoms with E-state index >= 15 is 0 Å². The smallest absolute Gasteiger partial charge is 0.475 e. The first kappa shape index (κ1) is 13.2. The Hall–Kier alpha value is -0.820. The number of aliphatic hydroxyl groups excluding tert-OH is 1. The minimum atomic E-state index is -5.08. The fraction of sp³-hybridized carbons (Fsp3) is 0.857. The Morgan fingerprint density at radius 3 is 1.86 bits per heavy atom. The van der Waals surface area contributed by atoms with E-state index in [0.29, 0.717) is 0 Å². The molecule has 0 aromatic rings. The molecule has 14 heavy (non-hydrogen) atoms. The Balaban J connectivity index is 0.000000241. The van der Waals surface area contributed by atoms with Crippen LogP contribution in [0.5, 0.6) is 0 Å². The fourth-order valence-electron chi connectivity index (χ4n) is 0.992. The molecule has 0 aromatic heterocycles. The second-order valence-electron chi connectivity index (χ2n) is 3.03. The molecule has 0 aromatic carbocycles. The van der Waals surface area contributed by atoms with Gasteiger partial charge in [0.05, 0.1) is 6.10 Å². The van der Waals surface area contributed by atoms with Crippen molar-refractivity contribution < 1.29 is 28.2 Å². The maximum atomic E-state index is 10.6. The molecule has 1 aliphatic carbocycles. The van der Waals surface area contributed by atoms with Gasteiger partial charge in [0.2, 0.25) is 0 Å². The number of hydrogen-bond acceptors (Lipinski definition) is 3. The molecular weight excluding hydrogens is 203 g/mol. The van der Waals surface area contributed by atoms with Crippen LogP contribution in [0.1, 0.15) is 19.3 Å². The van der Waals surface area contributed by atoms with Gasteiger partial charge in [-0.3, -0.25) is 0 Å². The highest BCUT2D eigenvalue weighted by Crippen LogP contribution is 2.15. The van der Waals surface area contributed by atoms with Gasteiger partial charge in [-0.25, -0.2) is 4.79 Å². The minimum absolute atomic E-state index is 0.102. The number of carboxylic acids is 1. The second-order valence-corrected chi connectivity index (χ2v) is 3.03. The van der Waals surface area contributed by atoms with Crippen LogP contribution in [0.4, 0.5) is 13.2 Å². The maximum absolute atomic E-state index is 10.6. The highest BCUT2D eigenvalue weighted by atomic mass is 19.4. The van der Waals surface area contributed by atoms with Crippen LogP contribution in [0, 0.1) is 0 Å². The Morgan fingerprint density at radius 2 is 1.79 bits per heavy atom. The lowest BCUT2D eigenvalue weighted by Crippen LogP contribution is -2.21. The first-order valence-electron chi connectivity index (χ1n) is 3.97. The number of carbonyl (C=O) groups is 1. The third-order valence-electron chi connectivity index (χ3n) is 1.69. The molecule has 2 unspecified atom stereocenters. The quantitative estimate of drug-likeness (QED) is 0.549. The first-order valence-corrected chi connectivity index (χ1v) is 3.97. The van der Waals surface area contributed by atoms with E-state index < -0.39 is 12.1 Å². The van der Waals surface area contributed by atoms with E-state index in [9.17, 15) is 13.2 Å². The summed E-state index contributed by atoms with van der Waals surface area (Å²) in [7, 11) is 0. The predicted octanol–water partition coefficient (Wildman–Crippen LogP) is 0.492. The zero-order valence-electron chi connectivity index (χ0n) is 7.29. The molecule has 0 saturated heterocycles. The second kappa shape index (κ2) is 5.16. The normalized spacial score (nSPS) is 26.6. The number of rotatable bonds is 0. The van der Waals surface area contributed by atoms with Gasteiger partial charge in [0, 0.05) is 6.04 Å². The summed E-state index contributed by atoms with van der Waals surface area (Å²) in [6, 6.07) is 0.273. The molecule has 84 valence electrons. The van der Waals surface area contributed by atoms with Crippen molar-refractivity contribution in [1.82, 2.24) is 0 Å². The molecule has 0 radical (unpaired) electrons. The molecule has 4 N–H and O–H groups in total.